The third kappa shape index (κ3) is 15.2. The van der Waals surface area contributed by atoms with Gasteiger partial charge in [-0.05, 0) is 39.8 Å². The predicted octanol–water partition coefficient (Wildman–Crippen LogP) is 0.139. The second kappa shape index (κ2) is 18.5. The summed E-state index contributed by atoms with van der Waals surface area (Å²) in [6.07, 6.45) is 3.51. The number of hydrogen-bond acceptors (Lipinski definition) is 7. The van der Waals surface area contributed by atoms with Crippen molar-refractivity contribution in [2.45, 2.75) is 39.0 Å². The molecular formula is C25H42Cl2N8O7S. The van der Waals surface area contributed by atoms with Gasteiger partial charge in [0.25, 0.3) is 17.7 Å². The summed E-state index contributed by atoms with van der Waals surface area (Å²) in [6.45, 7) is 14.5. The molecule has 0 spiro atoms. The average Bonchev–Trinajstić information content (AvgIpc) is 3.46. The molecule has 0 radical (unpaired) electrons. The number of nitrogens with two attached hydrogens (primary N) is 2. The predicted molar refractivity (Wildman–Crippen MR) is 164 cm³/mol. The Morgan fingerprint density at radius 1 is 0.907 bits per heavy atom. The summed E-state index contributed by atoms with van der Waals surface area (Å²) in [6, 6.07) is 3.02. The molecule has 0 aliphatic heterocycles. The first-order chi connectivity index (χ1) is 19.8. The second-order valence-electron chi connectivity index (χ2n) is 9.29. The van der Waals surface area contributed by atoms with Crippen LogP contribution in [-0.4, -0.2) is 92.3 Å². The van der Waals surface area contributed by atoms with Crippen molar-refractivity contribution in [3.63, 3.8) is 0 Å². The number of anilines is 2. The lowest BCUT2D eigenvalue weighted by atomic mass is 10.3. The number of hydrogen-bond donors (Lipinski definition) is 5. The van der Waals surface area contributed by atoms with E-state index in [1.165, 1.54) is 41.3 Å². The Labute approximate surface area is 262 Å². The first-order valence-electron chi connectivity index (χ1n) is 13.2. The van der Waals surface area contributed by atoms with Crippen LogP contribution in [0.3, 0.4) is 0 Å². The molecule has 0 atom stereocenters. The van der Waals surface area contributed by atoms with Crippen LogP contribution >= 0.6 is 23.2 Å². The van der Waals surface area contributed by atoms with E-state index >= 15 is 0 Å². The summed E-state index contributed by atoms with van der Waals surface area (Å²) in [5, 5.41) is 13.3. The third-order valence-electron chi connectivity index (χ3n) is 6.58. The molecule has 0 aliphatic rings. The summed E-state index contributed by atoms with van der Waals surface area (Å²) in [5.41, 5.74) is 6.81. The first kappa shape index (κ1) is 39.8. The molecule has 7 N–H and O–H groups in total. The van der Waals surface area contributed by atoms with Crippen molar-refractivity contribution in [3.8, 4) is 0 Å². The number of rotatable bonds is 12. The topological polar surface area (TPSA) is 229 Å². The highest BCUT2D eigenvalue weighted by Crippen LogP contribution is 2.18. The summed E-state index contributed by atoms with van der Waals surface area (Å²) >= 11 is 11.0. The number of aryl methyl sites for hydroxylation is 2. The van der Waals surface area contributed by atoms with Gasteiger partial charge in [-0.3, -0.25) is 33.9 Å². The molecule has 0 aliphatic carbocycles. The van der Waals surface area contributed by atoms with Crippen molar-refractivity contribution in [2.75, 3.05) is 43.4 Å². The fraction of sp³-hybridized carbons (Fsp3) is 0.520. The van der Waals surface area contributed by atoms with E-state index in [1.807, 2.05) is 0 Å². The zero-order valence-corrected chi connectivity index (χ0v) is 27.5. The summed E-state index contributed by atoms with van der Waals surface area (Å²) < 4.78 is 38.5. The standard InChI is InChI=1S/C17H21Cl2N7O3.C8H20N.H2O4S/c1-25-7-9(5-11(25)15(27)22-4-3-13(20)21)23-16(28)12-6-10(8-26(12)2)24-17(29)14(18)19;1-5-9(6-2,7-3)8-4;1-5(2,3)4/h5-8,14H,3-4H2,1-2H3,(H3,20,21)(H,22,27)(H,23,28)(H,24,29);5-8H2,1-4H3;(H2,1,2,3,4)/q;+1;/p-1. The molecule has 0 saturated heterocycles. The lowest BCUT2D eigenvalue weighted by Crippen LogP contribution is -2.47. The van der Waals surface area contributed by atoms with Crippen LogP contribution in [0, 0.1) is 0 Å². The Balaban J connectivity index is 0.00000104. The van der Waals surface area contributed by atoms with E-state index in [1.54, 1.807) is 37.1 Å². The Morgan fingerprint density at radius 3 is 1.65 bits per heavy atom. The van der Waals surface area contributed by atoms with Gasteiger partial charge in [-0.1, -0.05) is 23.2 Å². The van der Waals surface area contributed by atoms with Crippen LogP contribution in [-0.2, 0) is 29.3 Å². The number of nitrogens with zero attached hydrogens (tertiary/aromatic N) is 3. The molecule has 244 valence electrons. The van der Waals surface area contributed by atoms with Crippen LogP contribution in [0.4, 0.5) is 11.4 Å². The quantitative estimate of drug-likeness (QED) is 0.0520. The fourth-order valence-corrected chi connectivity index (χ4v) is 3.97. The number of alkyl halides is 2. The zero-order chi connectivity index (χ0) is 33.5. The number of aromatic nitrogens is 2. The van der Waals surface area contributed by atoms with E-state index in [-0.39, 0.29) is 17.4 Å². The number of quaternary nitrogens is 1. The monoisotopic (exact) mass is 668 g/mol. The van der Waals surface area contributed by atoms with Crippen LogP contribution in [0.25, 0.3) is 0 Å². The van der Waals surface area contributed by atoms with Gasteiger partial charge in [-0.2, -0.15) is 0 Å². The molecular weight excluding hydrogens is 627 g/mol. The van der Waals surface area contributed by atoms with Gasteiger partial charge < -0.3 is 38.7 Å². The fourth-order valence-electron chi connectivity index (χ4n) is 3.86. The van der Waals surface area contributed by atoms with Crippen LogP contribution in [0.1, 0.15) is 55.1 Å². The van der Waals surface area contributed by atoms with Gasteiger partial charge in [0.2, 0.25) is 5.84 Å². The number of nitrogens with one attached hydrogen (secondary N) is 3. The summed E-state index contributed by atoms with van der Waals surface area (Å²) in [5.74, 6) is -1.12. The average molecular weight is 670 g/mol. The number of carbonyl (C=O) groups is 3. The van der Waals surface area contributed by atoms with Crippen LogP contribution in [0.15, 0.2) is 24.5 Å². The van der Waals surface area contributed by atoms with Crippen LogP contribution < -0.4 is 27.1 Å². The molecule has 3 amide bonds. The molecule has 0 aromatic carbocycles. The van der Waals surface area contributed by atoms with Crippen LogP contribution in [0.5, 0.6) is 0 Å². The number of carbonyl (C=O) groups excluding carboxylic acids is 3. The Bertz CT molecular complexity index is 1310. The van der Waals surface area contributed by atoms with Crippen molar-refractivity contribution in [1.29, 1.82) is 0 Å². The maximum absolute atomic E-state index is 12.6. The molecule has 15 nitrogen and oxygen atoms in total. The Kier molecular flexibility index (Phi) is 17.1. The SMILES string of the molecule is CC[N+](CC)(CC)CC.Cn1cc(NC(=O)c2cc(NC(=O)C(Cl)Cl)cn2C)cc1C(=O)NCCC(N)=[NH2+].O=S(=O)([O-])[O-]. The van der Waals surface area contributed by atoms with E-state index in [0.717, 1.165) is 0 Å². The van der Waals surface area contributed by atoms with Gasteiger partial charge >= 0.3 is 0 Å². The normalized spacial score (nSPS) is 11.0. The second-order valence-corrected chi connectivity index (χ2v) is 11.2. The summed E-state index contributed by atoms with van der Waals surface area (Å²) in [7, 11) is -1.84. The minimum absolute atomic E-state index is 0.232. The number of amides is 3. The van der Waals surface area contributed by atoms with Crippen molar-refractivity contribution >= 4 is 68.5 Å². The highest BCUT2D eigenvalue weighted by Gasteiger charge is 2.19. The lowest BCUT2D eigenvalue weighted by molar-refractivity contribution is -0.921. The molecule has 0 unspecified atom stereocenters. The van der Waals surface area contributed by atoms with Crippen molar-refractivity contribution in [2.24, 2.45) is 19.8 Å². The van der Waals surface area contributed by atoms with E-state index in [2.05, 4.69) is 43.6 Å². The minimum Gasteiger partial charge on any atom is -0.759 e. The first-order valence-corrected chi connectivity index (χ1v) is 15.4. The van der Waals surface area contributed by atoms with Gasteiger partial charge in [0.05, 0.1) is 44.0 Å². The lowest BCUT2D eigenvalue weighted by Gasteiger charge is -2.34. The van der Waals surface area contributed by atoms with Crippen molar-refractivity contribution < 1.29 is 41.8 Å². The molecule has 0 saturated carbocycles. The minimum atomic E-state index is -5.17. The molecule has 2 aromatic heterocycles. The Morgan fingerprint density at radius 2 is 1.30 bits per heavy atom. The van der Waals surface area contributed by atoms with E-state index < -0.39 is 27.0 Å². The largest absolute Gasteiger partial charge is 0.759 e. The van der Waals surface area contributed by atoms with Gasteiger partial charge in [0.1, 0.15) is 11.4 Å². The maximum atomic E-state index is 12.6. The van der Waals surface area contributed by atoms with E-state index in [9.17, 15) is 14.4 Å². The van der Waals surface area contributed by atoms with Crippen molar-refractivity contribution in [3.05, 3.63) is 35.9 Å². The molecule has 2 aromatic rings. The van der Waals surface area contributed by atoms with Gasteiger partial charge in [0.15, 0.2) is 4.84 Å². The molecule has 0 fully saturated rings. The van der Waals surface area contributed by atoms with Gasteiger partial charge in [0, 0.05) is 43.4 Å². The summed E-state index contributed by atoms with van der Waals surface area (Å²) in [4.78, 5) is 35.1. The molecule has 18 heteroatoms. The highest BCUT2D eigenvalue weighted by atomic mass is 35.5. The molecule has 2 rings (SSSR count). The number of halogens is 2. The smallest absolute Gasteiger partial charge is 0.272 e. The maximum Gasteiger partial charge on any atom is 0.272 e. The molecule has 0 bridgehead atoms. The molecule has 2 heterocycles. The highest BCUT2D eigenvalue weighted by molar-refractivity contribution is 7.79. The third-order valence-corrected chi connectivity index (χ3v) is 6.98. The van der Waals surface area contributed by atoms with E-state index in [4.69, 9.17) is 51.9 Å². The van der Waals surface area contributed by atoms with E-state index in [0.29, 0.717) is 30.0 Å². The van der Waals surface area contributed by atoms with Gasteiger partial charge in [-0.25, -0.2) is 0 Å². The number of amidine groups is 1. The van der Waals surface area contributed by atoms with Crippen LogP contribution in [0.2, 0.25) is 0 Å². The van der Waals surface area contributed by atoms with Gasteiger partial charge in [-0.15, -0.1) is 0 Å². The molecule has 43 heavy (non-hydrogen) atoms. The Hall–Kier alpha value is -3.15. The van der Waals surface area contributed by atoms with Crippen molar-refractivity contribution in [1.82, 2.24) is 14.5 Å². The zero-order valence-electron chi connectivity index (χ0n) is 25.1.